The molecule has 7 rings (SSSR count). The molecule has 5 heterocycles. The Kier molecular flexibility index (Phi) is 12.4. The molecule has 6 atom stereocenters. The molecular weight excluding hydrogens is 767 g/mol. The van der Waals surface area contributed by atoms with Crippen LogP contribution in [-0.2, 0) is 19.1 Å². The van der Waals surface area contributed by atoms with E-state index in [9.17, 15) is 24.3 Å². The Labute approximate surface area is 349 Å². The van der Waals surface area contributed by atoms with Crippen LogP contribution in [0.15, 0.2) is 65.8 Å². The summed E-state index contributed by atoms with van der Waals surface area (Å²) in [5, 5.41) is 14.7. The zero-order chi connectivity index (χ0) is 42.1. The first-order chi connectivity index (χ1) is 28.2. The zero-order valence-electron chi connectivity index (χ0n) is 34.8. The number of fused-ring (bicyclic) bond motifs is 1. The quantitative estimate of drug-likeness (QED) is 0.122. The molecule has 0 bridgehead atoms. The first kappa shape index (κ1) is 41.8. The van der Waals surface area contributed by atoms with Crippen LogP contribution in [0.5, 0.6) is 0 Å². The lowest BCUT2D eigenvalue weighted by atomic mass is 9.95. The largest absolute Gasteiger partial charge is 0.453 e. The second kappa shape index (κ2) is 17.5. The maximum Gasteiger partial charge on any atom is 0.407 e. The van der Waals surface area contributed by atoms with Gasteiger partial charge in [0.1, 0.15) is 29.3 Å². The molecule has 14 heteroatoms. The minimum Gasteiger partial charge on any atom is -0.453 e. The number of thiophene rings is 1. The topological polar surface area (TPSA) is 169 Å². The monoisotopic (exact) mass is 821 g/mol. The van der Waals surface area contributed by atoms with E-state index in [-0.39, 0.29) is 41.7 Å². The summed E-state index contributed by atoms with van der Waals surface area (Å²) in [5.74, 6) is 0.293. The molecule has 0 spiro atoms. The summed E-state index contributed by atoms with van der Waals surface area (Å²) in [7, 11) is 1.30. The van der Waals surface area contributed by atoms with E-state index in [1.54, 1.807) is 11.3 Å². The molecule has 59 heavy (non-hydrogen) atoms. The van der Waals surface area contributed by atoms with Crippen molar-refractivity contribution in [1.82, 2.24) is 30.4 Å². The third kappa shape index (κ3) is 8.84. The Morgan fingerprint density at radius 1 is 0.831 bits per heavy atom. The van der Waals surface area contributed by atoms with Gasteiger partial charge >= 0.3 is 6.09 Å². The highest BCUT2D eigenvalue weighted by atomic mass is 32.1. The smallest absolute Gasteiger partial charge is 0.407 e. The number of nitrogens with one attached hydrogen (secondary N) is 3. The van der Waals surface area contributed by atoms with Crippen molar-refractivity contribution in [2.45, 2.75) is 85.0 Å². The van der Waals surface area contributed by atoms with Gasteiger partial charge in [0.25, 0.3) is 0 Å². The summed E-state index contributed by atoms with van der Waals surface area (Å²) in [5.41, 5.74) is 7.39. The van der Waals surface area contributed by atoms with E-state index in [1.165, 1.54) is 7.11 Å². The van der Waals surface area contributed by atoms with Gasteiger partial charge in [0.05, 0.1) is 24.7 Å². The number of methoxy groups -OCH3 is 1. The fraction of sp³-hybridized carbons (Fsp3) is 0.467. The normalized spacial score (nSPS) is 21.5. The number of aromatic nitrogens is 2. The van der Waals surface area contributed by atoms with Gasteiger partial charge in [-0.3, -0.25) is 19.4 Å². The Morgan fingerprint density at radius 3 is 1.93 bits per heavy atom. The summed E-state index contributed by atoms with van der Waals surface area (Å²) >= 11 is 1.61. The number of nitrogens with zero attached hydrogens (tertiary/aromatic N) is 4. The minimum atomic E-state index is -0.723. The molecule has 2 aromatic heterocycles. The number of aliphatic imine (C=N–C) groups is 1. The number of ether oxygens (including phenoxy) is 1. The molecule has 4 N–H and O–H groups in total. The molecule has 0 radical (unpaired) electrons. The molecule has 13 nitrogen and oxygen atoms in total. The number of aliphatic hydroxyl groups excluding tert-OH is 1. The number of allylic oxidation sites excluding steroid dienone is 1. The van der Waals surface area contributed by atoms with Gasteiger partial charge in [-0.1, -0.05) is 90.1 Å². The number of hydrogen-bond donors (Lipinski definition) is 4. The maximum atomic E-state index is 13.7. The van der Waals surface area contributed by atoms with E-state index in [4.69, 9.17) is 14.7 Å². The Morgan fingerprint density at radius 2 is 1.37 bits per heavy atom. The highest BCUT2D eigenvalue weighted by molar-refractivity contribution is 7.21. The molecule has 3 aliphatic heterocycles. The van der Waals surface area contributed by atoms with Gasteiger partial charge in [-0.15, -0.1) is 11.3 Å². The maximum absolute atomic E-state index is 13.7. The number of likely N-dealkylation sites (tertiary alicyclic amines) is 2. The number of imidazole rings is 1. The average molecular weight is 822 g/mol. The third-order valence-electron chi connectivity index (χ3n) is 11.8. The summed E-state index contributed by atoms with van der Waals surface area (Å²) in [4.78, 5) is 70.4. The van der Waals surface area contributed by atoms with Crippen molar-refractivity contribution in [3.63, 3.8) is 0 Å². The minimum absolute atomic E-state index is 0.0932. The van der Waals surface area contributed by atoms with Crippen LogP contribution in [-0.4, -0.2) is 99.3 Å². The number of benzene rings is 2. The number of hydrogen-bond acceptors (Lipinski definition) is 9. The lowest BCUT2D eigenvalue weighted by Crippen LogP contribution is -2.53. The Hall–Kier alpha value is -5.34. The van der Waals surface area contributed by atoms with Crippen molar-refractivity contribution in [2.24, 2.45) is 28.7 Å². The molecule has 2 aromatic carbocycles. The van der Waals surface area contributed by atoms with Crippen LogP contribution in [0.3, 0.4) is 0 Å². The van der Waals surface area contributed by atoms with Gasteiger partial charge in [-0.05, 0) is 70.4 Å². The second-order valence-corrected chi connectivity index (χ2v) is 18.1. The highest BCUT2D eigenvalue weighted by Gasteiger charge is 2.42. The van der Waals surface area contributed by atoms with Crippen LogP contribution in [0.4, 0.5) is 4.79 Å². The third-order valence-corrected chi connectivity index (χ3v) is 12.9. The number of carbonyl (C=O) groups excluding carboxylic acids is 4. The lowest BCUT2D eigenvalue weighted by Gasteiger charge is -2.31. The summed E-state index contributed by atoms with van der Waals surface area (Å²) < 4.78 is 4.79. The van der Waals surface area contributed by atoms with Gasteiger partial charge in [0.15, 0.2) is 0 Å². The van der Waals surface area contributed by atoms with E-state index in [1.807, 2.05) is 43.7 Å². The van der Waals surface area contributed by atoms with Crippen molar-refractivity contribution >= 4 is 56.8 Å². The van der Waals surface area contributed by atoms with Crippen molar-refractivity contribution in [3.8, 4) is 21.6 Å². The summed E-state index contributed by atoms with van der Waals surface area (Å²) in [6, 6.07) is 17.4. The Bertz CT molecular complexity index is 2230. The van der Waals surface area contributed by atoms with Crippen LogP contribution < -0.4 is 10.6 Å². The molecule has 4 amide bonds. The summed E-state index contributed by atoms with van der Waals surface area (Å²) in [6.07, 6.45) is 3.58. The number of aromatic amines is 1. The van der Waals surface area contributed by atoms with Gasteiger partial charge < -0.3 is 35.3 Å². The zero-order valence-corrected chi connectivity index (χ0v) is 35.6. The highest BCUT2D eigenvalue weighted by Crippen LogP contribution is 2.39. The molecule has 0 saturated carbocycles. The van der Waals surface area contributed by atoms with Gasteiger partial charge in [-0.25, -0.2) is 9.78 Å². The van der Waals surface area contributed by atoms with E-state index >= 15 is 0 Å². The van der Waals surface area contributed by atoms with Crippen LogP contribution in [0, 0.1) is 23.7 Å². The molecule has 0 aliphatic carbocycles. The number of H-pyrrole nitrogens is 1. The first-order valence-corrected chi connectivity index (χ1v) is 21.4. The van der Waals surface area contributed by atoms with Crippen molar-refractivity contribution in [3.05, 3.63) is 72.2 Å². The van der Waals surface area contributed by atoms with E-state index in [2.05, 4.69) is 84.1 Å². The fourth-order valence-electron chi connectivity index (χ4n) is 8.60. The predicted octanol–water partition coefficient (Wildman–Crippen LogP) is 6.80. The van der Waals surface area contributed by atoms with Crippen LogP contribution in [0.2, 0.25) is 0 Å². The van der Waals surface area contributed by atoms with Crippen LogP contribution in [0.1, 0.15) is 78.2 Å². The summed E-state index contributed by atoms with van der Waals surface area (Å²) in [6.45, 7) is 12.4. The van der Waals surface area contributed by atoms with Crippen molar-refractivity contribution < 1.29 is 29.0 Å². The number of aliphatic hydroxyl groups is 1. The SMILES string of the molecule is COC(=O)NC(C(=O)N1CC(C)CC1C1=NC=C(c2ccc(-c3ccc(-c4cc5[nH]c(C6CC(C)CN6C(=O)C(NC(=O)CO)C(C)C)nc5s4)cc3)cc2)C1)C(C)C. The average Bonchev–Trinajstić information content (AvgIpc) is 4.07. The number of carbonyl (C=O) groups is 4. The first-order valence-electron chi connectivity index (χ1n) is 20.6. The number of amides is 4. The van der Waals surface area contributed by atoms with Crippen LogP contribution >= 0.6 is 11.3 Å². The van der Waals surface area contributed by atoms with E-state index in [0.717, 1.165) is 67.4 Å². The molecule has 3 aliphatic rings. The molecule has 2 saturated heterocycles. The Balaban J connectivity index is 0.988. The predicted molar refractivity (Wildman–Crippen MR) is 230 cm³/mol. The van der Waals surface area contributed by atoms with Crippen LogP contribution in [0.25, 0.3) is 37.5 Å². The van der Waals surface area contributed by atoms with E-state index < -0.39 is 30.7 Å². The molecule has 312 valence electrons. The van der Waals surface area contributed by atoms with Gasteiger partial charge in [-0.2, -0.15) is 0 Å². The molecule has 4 aromatic rings. The van der Waals surface area contributed by atoms with E-state index in [0.29, 0.717) is 25.4 Å². The van der Waals surface area contributed by atoms with Crippen molar-refractivity contribution in [1.29, 1.82) is 0 Å². The molecular formula is C45H55N7O6S. The van der Waals surface area contributed by atoms with Crippen molar-refractivity contribution in [2.75, 3.05) is 26.8 Å². The molecule has 2 fully saturated rings. The number of alkyl carbamates (subject to hydrolysis) is 1. The standard InChI is InChI=1S/C45H55N7O6S/c1-24(2)39(48-38(54)23-53)43(55)52-22-27(6)17-36(52)41-47-34-19-37(59-42(34)50-41)31-14-12-29(13-15-31)28-8-10-30(11-9-28)32-18-33(46-20-32)35-16-26(5)21-51(35)44(56)40(25(3)4)49-45(57)58-7/h8-15,19-20,24-27,35-36,39-40,53H,16-18,21-23H2,1-7H3,(H,47,50)(H,48,54)(H,49,57). The van der Waals surface area contributed by atoms with Gasteiger partial charge in [0, 0.05) is 36.3 Å². The number of rotatable bonds is 12. The lowest BCUT2D eigenvalue weighted by molar-refractivity contribution is -0.139. The molecule has 6 unspecified atom stereocenters. The van der Waals surface area contributed by atoms with Gasteiger partial charge in [0.2, 0.25) is 17.7 Å². The fourth-order valence-corrected chi connectivity index (χ4v) is 9.61. The second-order valence-electron chi connectivity index (χ2n) is 17.1.